The van der Waals surface area contributed by atoms with Gasteiger partial charge >= 0.3 is 0 Å². The highest BCUT2D eigenvalue weighted by Gasteiger charge is 2.11. The lowest BCUT2D eigenvalue weighted by atomic mass is 10.3. The Morgan fingerprint density at radius 1 is 1.56 bits per heavy atom. The van der Waals surface area contributed by atoms with Crippen LogP contribution in [0, 0.1) is 19.3 Å². The molecule has 96 valence electrons. The number of nitrogens with one attached hydrogen (secondary N) is 1. The van der Waals surface area contributed by atoms with Gasteiger partial charge in [0.2, 0.25) is 5.91 Å². The third-order valence-electron chi connectivity index (χ3n) is 2.54. The molecule has 0 spiro atoms. The zero-order chi connectivity index (χ0) is 13.4. The topological polar surface area (TPSA) is 45.2 Å². The molecular formula is C14H19N3O. The smallest absolute Gasteiger partial charge is 0.236 e. The van der Waals surface area contributed by atoms with Crippen LogP contribution in [0.1, 0.15) is 18.3 Å². The van der Waals surface area contributed by atoms with Crippen molar-refractivity contribution in [3.8, 4) is 12.3 Å². The molecule has 0 radical (unpaired) electrons. The van der Waals surface area contributed by atoms with Gasteiger partial charge in [0, 0.05) is 12.2 Å². The fraction of sp³-hybridized carbons (Fsp3) is 0.429. The summed E-state index contributed by atoms with van der Waals surface area (Å²) in [6.45, 7) is 5.77. The maximum absolute atomic E-state index is 11.9. The van der Waals surface area contributed by atoms with Gasteiger partial charge < -0.3 is 4.90 Å². The Balaban J connectivity index is 2.56. The molecule has 4 nitrogen and oxygen atoms in total. The fourth-order valence-electron chi connectivity index (χ4n) is 1.61. The monoisotopic (exact) mass is 245 g/mol. The van der Waals surface area contributed by atoms with Gasteiger partial charge in [-0.25, -0.2) is 0 Å². The van der Waals surface area contributed by atoms with E-state index in [1.54, 1.807) is 4.90 Å². The van der Waals surface area contributed by atoms with E-state index < -0.39 is 0 Å². The first kappa shape index (κ1) is 14.2. The zero-order valence-corrected chi connectivity index (χ0v) is 10.9. The maximum atomic E-state index is 11.9. The highest BCUT2D eigenvalue weighted by Crippen LogP contribution is 2.03. The SMILES string of the molecule is C#CCNCC(=O)N(CC)Cc1cccc(C)n1. The molecule has 0 aromatic carbocycles. The van der Waals surface area contributed by atoms with Gasteiger partial charge in [-0.05, 0) is 26.0 Å². The Morgan fingerprint density at radius 3 is 2.94 bits per heavy atom. The van der Waals surface area contributed by atoms with Gasteiger partial charge in [0.25, 0.3) is 0 Å². The highest BCUT2D eigenvalue weighted by atomic mass is 16.2. The van der Waals surface area contributed by atoms with Crippen LogP contribution in [-0.2, 0) is 11.3 Å². The second-order valence-corrected chi connectivity index (χ2v) is 3.99. The second-order valence-electron chi connectivity index (χ2n) is 3.99. The lowest BCUT2D eigenvalue weighted by Crippen LogP contribution is -2.38. The minimum atomic E-state index is 0.0380. The van der Waals surface area contributed by atoms with Gasteiger partial charge in [-0.15, -0.1) is 6.42 Å². The van der Waals surface area contributed by atoms with Crippen molar-refractivity contribution in [3.63, 3.8) is 0 Å². The van der Waals surface area contributed by atoms with E-state index in [0.29, 0.717) is 19.6 Å². The lowest BCUT2D eigenvalue weighted by molar-refractivity contribution is -0.130. The second kappa shape index (κ2) is 7.46. The molecule has 0 fully saturated rings. The van der Waals surface area contributed by atoms with E-state index in [1.165, 1.54) is 0 Å². The summed E-state index contributed by atoms with van der Waals surface area (Å²) in [5.74, 6) is 2.48. The first-order valence-electron chi connectivity index (χ1n) is 6.01. The Labute approximate surface area is 108 Å². The Kier molecular flexibility index (Phi) is 5.89. The molecule has 0 atom stereocenters. The third kappa shape index (κ3) is 4.56. The number of aryl methyl sites for hydroxylation is 1. The Bertz CT molecular complexity index is 437. The van der Waals surface area contributed by atoms with Crippen molar-refractivity contribution >= 4 is 5.91 Å². The lowest BCUT2D eigenvalue weighted by Gasteiger charge is -2.20. The minimum absolute atomic E-state index is 0.0380. The molecule has 1 aromatic rings. The first-order valence-corrected chi connectivity index (χ1v) is 6.01. The van der Waals surface area contributed by atoms with Crippen LogP contribution < -0.4 is 5.32 Å². The van der Waals surface area contributed by atoms with Gasteiger partial charge in [0.15, 0.2) is 0 Å². The minimum Gasteiger partial charge on any atom is -0.336 e. The largest absolute Gasteiger partial charge is 0.336 e. The Hall–Kier alpha value is -1.86. The van der Waals surface area contributed by atoms with Gasteiger partial charge in [-0.3, -0.25) is 15.1 Å². The van der Waals surface area contributed by atoms with E-state index in [1.807, 2.05) is 32.0 Å². The highest BCUT2D eigenvalue weighted by molar-refractivity contribution is 5.78. The number of nitrogens with zero attached hydrogens (tertiary/aromatic N) is 2. The van der Waals surface area contributed by atoms with E-state index in [0.717, 1.165) is 11.4 Å². The molecule has 1 N–H and O–H groups in total. The van der Waals surface area contributed by atoms with E-state index >= 15 is 0 Å². The normalized spacial score (nSPS) is 9.83. The molecule has 0 aliphatic carbocycles. The molecule has 0 saturated carbocycles. The summed E-state index contributed by atoms with van der Waals surface area (Å²) in [5, 5.41) is 2.90. The van der Waals surface area contributed by atoms with Gasteiger partial charge in [0.05, 0.1) is 25.3 Å². The molecule has 0 bridgehead atoms. The van der Waals surface area contributed by atoms with Crippen molar-refractivity contribution in [2.45, 2.75) is 20.4 Å². The third-order valence-corrected chi connectivity index (χ3v) is 2.54. The van der Waals surface area contributed by atoms with Crippen LogP contribution in [0.3, 0.4) is 0 Å². The van der Waals surface area contributed by atoms with E-state index in [9.17, 15) is 4.79 Å². The van der Waals surface area contributed by atoms with Crippen molar-refractivity contribution in [3.05, 3.63) is 29.6 Å². The summed E-state index contributed by atoms with van der Waals surface area (Å²) in [6, 6.07) is 5.82. The molecule has 0 aliphatic rings. The van der Waals surface area contributed by atoms with Crippen LogP contribution in [0.25, 0.3) is 0 Å². The van der Waals surface area contributed by atoms with Crippen LogP contribution in [-0.4, -0.2) is 35.4 Å². The van der Waals surface area contributed by atoms with Gasteiger partial charge in [0.1, 0.15) is 0 Å². The van der Waals surface area contributed by atoms with Crippen LogP contribution in [0.2, 0.25) is 0 Å². The molecule has 0 aliphatic heterocycles. The summed E-state index contributed by atoms with van der Waals surface area (Å²) in [4.78, 5) is 18.1. The number of carbonyl (C=O) groups excluding carboxylic acids is 1. The molecule has 1 aromatic heterocycles. The average molecular weight is 245 g/mol. The van der Waals surface area contributed by atoms with Gasteiger partial charge in [-0.2, -0.15) is 0 Å². The average Bonchev–Trinajstić information content (AvgIpc) is 2.36. The number of hydrogen-bond acceptors (Lipinski definition) is 3. The van der Waals surface area contributed by atoms with Crippen molar-refractivity contribution in [1.82, 2.24) is 15.2 Å². The van der Waals surface area contributed by atoms with E-state index in [-0.39, 0.29) is 12.5 Å². The number of amides is 1. The molecule has 1 amide bonds. The van der Waals surface area contributed by atoms with Crippen molar-refractivity contribution in [2.75, 3.05) is 19.6 Å². The summed E-state index contributed by atoms with van der Waals surface area (Å²) in [7, 11) is 0. The molecular weight excluding hydrogens is 226 g/mol. The van der Waals surface area contributed by atoms with Crippen LogP contribution in [0.5, 0.6) is 0 Å². The van der Waals surface area contributed by atoms with Crippen LogP contribution in [0.15, 0.2) is 18.2 Å². The summed E-state index contributed by atoms with van der Waals surface area (Å²) >= 11 is 0. The van der Waals surface area contributed by atoms with Crippen molar-refractivity contribution < 1.29 is 4.79 Å². The predicted octanol–water partition coefficient (Wildman–Crippen LogP) is 0.961. The summed E-state index contributed by atoms with van der Waals surface area (Å²) in [6.07, 6.45) is 5.12. The molecule has 4 heteroatoms. The Morgan fingerprint density at radius 2 is 2.33 bits per heavy atom. The zero-order valence-electron chi connectivity index (χ0n) is 10.9. The van der Waals surface area contributed by atoms with E-state index in [4.69, 9.17) is 6.42 Å². The van der Waals surface area contributed by atoms with Crippen molar-refractivity contribution in [1.29, 1.82) is 0 Å². The molecule has 1 heterocycles. The molecule has 18 heavy (non-hydrogen) atoms. The summed E-state index contributed by atoms with van der Waals surface area (Å²) < 4.78 is 0. The number of terminal acetylenes is 1. The molecule has 0 saturated heterocycles. The number of rotatable bonds is 6. The number of hydrogen-bond donors (Lipinski definition) is 1. The fourth-order valence-corrected chi connectivity index (χ4v) is 1.61. The van der Waals surface area contributed by atoms with E-state index in [2.05, 4.69) is 16.2 Å². The quantitative estimate of drug-likeness (QED) is 0.600. The number of likely N-dealkylation sites (N-methyl/N-ethyl adjacent to an activating group) is 1. The maximum Gasteiger partial charge on any atom is 0.236 e. The van der Waals surface area contributed by atoms with Crippen molar-refractivity contribution in [2.24, 2.45) is 0 Å². The number of pyridine rings is 1. The van der Waals surface area contributed by atoms with Gasteiger partial charge in [-0.1, -0.05) is 12.0 Å². The summed E-state index contributed by atoms with van der Waals surface area (Å²) in [5.41, 5.74) is 1.86. The van der Waals surface area contributed by atoms with Crippen LogP contribution >= 0.6 is 0 Å². The first-order chi connectivity index (χ1) is 8.67. The van der Waals surface area contributed by atoms with Crippen LogP contribution in [0.4, 0.5) is 0 Å². The number of carbonyl (C=O) groups is 1. The predicted molar refractivity (Wildman–Crippen MR) is 71.8 cm³/mol. The standard InChI is InChI=1S/C14H19N3O/c1-4-9-15-10-14(18)17(5-2)11-13-8-6-7-12(3)16-13/h1,6-8,15H,5,9-11H2,2-3H3. The molecule has 0 unspecified atom stereocenters. The number of aromatic nitrogens is 1. The molecule has 1 rings (SSSR count).